The van der Waals surface area contributed by atoms with Crippen LogP contribution in [0.3, 0.4) is 0 Å². The van der Waals surface area contributed by atoms with E-state index in [0.717, 1.165) is 51.6 Å². The van der Waals surface area contributed by atoms with Crippen LogP contribution in [0, 0.1) is 25.2 Å². The van der Waals surface area contributed by atoms with Crippen LogP contribution < -0.4 is 15.2 Å². The SMILES string of the molecule is Cc1ncc(CC#N)c2c1OC(C)(C)OC2.Cc1ncc(CCN)c2c1OC(C)(C)OC2. The van der Waals surface area contributed by atoms with Crippen LogP contribution in [-0.4, -0.2) is 28.1 Å². The Bertz CT molecular complexity index is 1030. The fourth-order valence-electron chi connectivity index (χ4n) is 3.59. The molecule has 0 aromatic carbocycles. The van der Waals surface area contributed by atoms with Gasteiger partial charge in [0.1, 0.15) is 11.5 Å². The highest BCUT2D eigenvalue weighted by molar-refractivity contribution is 5.44. The number of hydrogen-bond donors (Lipinski definition) is 1. The first kappa shape index (κ1) is 23.9. The zero-order valence-electron chi connectivity index (χ0n) is 19.7. The predicted molar refractivity (Wildman–Crippen MR) is 119 cm³/mol. The standard InChI is InChI=1S/C12H18N2O2.C12H14N2O2/c2*1-8-11-10(7-15-12(2,3)16-11)9(4-5-13)6-14-8/h6H,4-5,7,13H2,1-3H3;6H,4,7H2,1-3H3. The summed E-state index contributed by atoms with van der Waals surface area (Å²) in [4.78, 5) is 8.59. The molecule has 32 heavy (non-hydrogen) atoms. The average Bonchev–Trinajstić information content (AvgIpc) is 2.72. The van der Waals surface area contributed by atoms with Gasteiger partial charge in [0.25, 0.3) is 0 Å². The maximum absolute atomic E-state index is 8.73. The van der Waals surface area contributed by atoms with E-state index in [9.17, 15) is 0 Å². The molecule has 2 aliphatic heterocycles. The van der Waals surface area contributed by atoms with Crippen molar-refractivity contribution in [2.45, 2.75) is 79.2 Å². The molecule has 8 heteroatoms. The highest BCUT2D eigenvalue weighted by Gasteiger charge is 2.31. The van der Waals surface area contributed by atoms with Crippen LogP contribution in [0.15, 0.2) is 12.4 Å². The number of fused-ring (bicyclic) bond motifs is 2. The summed E-state index contributed by atoms with van der Waals surface area (Å²) in [6, 6.07) is 2.12. The minimum atomic E-state index is -0.620. The quantitative estimate of drug-likeness (QED) is 0.770. The van der Waals surface area contributed by atoms with Gasteiger partial charge >= 0.3 is 0 Å². The first-order valence-electron chi connectivity index (χ1n) is 10.7. The van der Waals surface area contributed by atoms with Crippen molar-refractivity contribution in [3.63, 3.8) is 0 Å². The molecule has 4 rings (SSSR count). The van der Waals surface area contributed by atoms with Crippen LogP contribution in [0.5, 0.6) is 11.5 Å². The maximum atomic E-state index is 8.73. The van der Waals surface area contributed by atoms with Crippen LogP contribution in [0.2, 0.25) is 0 Å². The van der Waals surface area contributed by atoms with Crippen molar-refractivity contribution in [2.24, 2.45) is 5.73 Å². The van der Waals surface area contributed by atoms with Crippen molar-refractivity contribution >= 4 is 0 Å². The molecule has 0 amide bonds. The molecule has 4 heterocycles. The highest BCUT2D eigenvalue weighted by Crippen LogP contribution is 2.36. The molecule has 2 aliphatic rings. The Morgan fingerprint density at radius 3 is 1.84 bits per heavy atom. The second kappa shape index (κ2) is 9.41. The first-order chi connectivity index (χ1) is 15.1. The van der Waals surface area contributed by atoms with Crippen molar-refractivity contribution in [3.8, 4) is 17.6 Å². The summed E-state index contributed by atoms with van der Waals surface area (Å²) in [5.41, 5.74) is 11.4. The molecular formula is C24H32N4O4. The van der Waals surface area contributed by atoms with Crippen LogP contribution in [0.4, 0.5) is 0 Å². The number of aryl methyl sites for hydroxylation is 2. The van der Waals surface area contributed by atoms with Crippen molar-refractivity contribution < 1.29 is 18.9 Å². The van der Waals surface area contributed by atoms with Gasteiger partial charge in [-0.25, -0.2) is 0 Å². The molecule has 0 unspecified atom stereocenters. The first-order valence-corrected chi connectivity index (χ1v) is 10.7. The summed E-state index contributed by atoms with van der Waals surface area (Å²) in [7, 11) is 0. The third-order valence-electron chi connectivity index (χ3n) is 5.32. The lowest BCUT2D eigenvalue weighted by Crippen LogP contribution is -2.36. The molecule has 0 spiro atoms. The largest absolute Gasteiger partial charge is 0.461 e. The zero-order valence-corrected chi connectivity index (χ0v) is 19.7. The Hall–Kier alpha value is -2.73. The number of ether oxygens (including phenoxy) is 4. The zero-order chi connectivity index (χ0) is 23.5. The van der Waals surface area contributed by atoms with Gasteiger partial charge in [-0.1, -0.05) is 0 Å². The topological polar surface area (TPSA) is 113 Å². The van der Waals surface area contributed by atoms with Crippen LogP contribution in [0.1, 0.15) is 61.3 Å². The van der Waals surface area contributed by atoms with Crippen molar-refractivity contribution in [1.82, 2.24) is 9.97 Å². The summed E-state index contributed by atoms with van der Waals surface area (Å²) < 4.78 is 22.8. The van der Waals surface area contributed by atoms with Crippen LogP contribution >= 0.6 is 0 Å². The number of hydrogen-bond acceptors (Lipinski definition) is 8. The van der Waals surface area contributed by atoms with E-state index in [1.165, 1.54) is 0 Å². The highest BCUT2D eigenvalue weighted by atomic mass is 16.7. The summed E-state index contributed by atoms with van der Waals surface area (Å²) >= 11 is 0. The van der Waals surface area contributed by atoms with Gasteiger partial charge < -0.3 is 24.7 Å². The van der Waals surface area contributed by atoms with Gasteiger partial charge in [0.2, 0.25) is 11.6 Å². The van der Waals surface area contributed by atoms with E-state index in [1.54, 1.807) is 6.20 Å². The Morgan fingerprint density at radius 2 is 1.38 bits per heavy atom. The minimum absolute atomic E-state index is 0.336. The second-order valence-electron chi connectivity index (χ2n) is 8.81. The number of aromatic nitrogens is 2. The average molecular weight is 441 g/mol. The lowest BCUT2D eigenvalue weighted by Gasteiger charge is -2.34. The fraction of sp³-hybridized carbons (Fsp3) is 0.542. The van der Waals surface area contributed by atoms with E-state index in [1.807, 2.05) is 47.7 Å². The normalized spacial score (nSPS) is 17.4. The maximum Gasteiger partial charge on any atom is 0.205 e. The van der Waals surface area contributed by atoms with Crippen molar-refractivity contribution in [1.29, 1.82) is 5.26 Å². The van der Waals surface area contributed by atoms with E-state index >= 15 is 0 Å². The van der Waals surface area contributed by atoms with Gasteiger partial charge in [-0.2, -0.15) is 5.26 Å². The molecule has 0 bridgehead atoms. The third kappa shape index (κ3) is 5.36. The monoisotopic (exact) mass is 440 g/mol. The Morgan fingerprint density at radius 1 is 0.906 bits per heavy atom. The van der Waals surface area contributed by atoms with Crippen LogP contribution in [-0.2, 0) is 35.5 Å². The molecule has 0 saturated heterocycles. The van der Waals surface area contributed by atoms with Gasteiger partial charge in [0, 0.05) is 51.2 Å². The van der Waals surface area contributed by atoms with Crippen LogP contribution in [0.25, 0.3) is 0 Å². The second-order valence-corrected chi connectivity index (χ2v) is 8.81. The lowest BCUT2D eigenvalue weighted by atomic mass is 10.0. The van der Waals surface area contributed by atoms with Crippen molar-refractivity contribution in [2.75, 3.05) is 6.54 Å². The number of nitriles is 1. The van der Waals surface area contributed by atoms with E-state index in [4.69, 9.17) is 29.9 Å². The molecular weight excluding hydrogens is 408 g/mol. The molecule has 0 atom stereocenters. The predicted octanol–water partition coefficient (Wildman–Crippen LogP) is 3.64. The molecule has 2 aromatic rings. The lowest BCUT2D eigenvalue weighted by molar-refractivity contribution is -0.181. The molecule has 2 aromatic heterocycles. The minimum Gasteiger partial charge on any atom is -0.461 e. The smallest absolute Gasteiger partial charge is 0.205 e. The fourth-order valence-corrected chi connectivity index (χ4v) is 3.59. The third-order valence-corrected chi connectivity index (χ3v) is 5.32. The van der Waals surface area contributed by atoms with E-state index in [-0.39, 0.29) is 0 Å². The Labute approximate surface area is 189 Å². The number of rotatable bonds is 3. The molecule has 0 saturated carbocycles. The summed E-state index contributed by atoms with van der Waals surface area (Å²) in [5.74, 6) is 0.442. The molecule has 0 fully saturated rings. The Balaban J connectivity index is 0.000000181. The van der Waals surface area contributed by atoms with E-state index < -0.39 is 11.6 Å². The molecule has 2 N–H and O–H groups in total. The molecule has 172 valence electrons. The molecule has 0 aliphatic carbocycles. The van der Waals surface area contributed by atoms with E-state index in [2.05, 4.69) is 16.0 Å². The molecule has 8 nitrogen and oxygen atoms in total. The van der Waals surface area contributed by atoms with Gasteiger partial charge in [-0.3, -0.25) is 9.97 Å². The number of nitrogens with zero attached hydrogens (tertiary/aromatic N) is 3. The van der Waals surface area contributed by atoms with Crippen molar-refractivity contribution in [3.05, 3.63) is 46.0 Å². The van der Waals surface area contributed by atoms with Gasteiger partial charge in [-0.05, 0) is 37.9 Å². The number of pyridine rings is 2. The van der Waals surface area contributed by atoms with Gasteiger partial charge in [-0.15, -0.1) is 0 Å². The Kier molecular flexibility index (Phi) is 7.03. The molecule has 0 radical (unpaired) electrons. The summed E-state index contributed by atoms with van der Waals surface area (Å²) in [6.07, 6.45) is 4.74. The van der Waals surface area contributed by atoms with Gasteiger partial charge in [0.05, 0.1) is 37.1 Å². The number of nitrogens with two attached hydrogens (primary N) is 1. The summed E-state index contributed by atoms with van der Waals surface area (Å²) in [5, 5.41) is 8.73. The summed E-state index contributed by atoms with van der Waals surface area (Å²) in [6.45, 7) is 13.1. The van der Waals surface area contributed by atoms with Gasteiger partial charge in [0.15, 0.2) is 0 Å². The van der Waals surface area contributed by atoms with E-state index in [0.29, 0.717) is 26.2 Å².